The van der Waals surface area contributed by atoms with Gasteiger partial charge in [0.2, 0.25) is 0 Å². The Hall–Kier alpha value is -2.63. The maximum absolute atomic E-state index is 12.9. The summed E-state index contributed by atoms with van der Waals surface area (Å²) in [7, 11) is 0. The minimum atomic E-state index is -0.146. The van der Waals surface area contributed by atoms with Gasteiger partial charge in [-0.1, -0.05) is 41.4 Å². The SMILES string of the molecule is O=C(c1cnc(Nc2cc(Cl)cc(Cl)c2)cn1)N1CCCc2ccccc21. The van der Waals surface area contributed by atoms with Crippen molar-refractivity contribution in [1.29, 1.82) is 0 Å². The highest BCUT2D eigenvalue weighted by atomic mass is 35.5. The largest absolute Gasteiger partial charge is 0.339 e. The molecule has 27 heavy (non-hydrogen) atoms. The van der Waals surface area contributed by atoms with Gasteiger partial charge in [-0.05, 0) is 42.7 Å². The van der Waals surface area contributed by atoms with E-state index >= 15 is 0 Å². The first-order chi connectivity index (χ1) is 13.1. The van der Waals surface area contributed by atoms with Crippen LogP contribution in [0.25, 0.3) is 0 Å². The highest BCUT2D eigenvalue weighted by Gasteiger charge is 2.24. The monoisotopic (exact) mass is 398 g/mol. The van der Waals surface area contributed by atoms with Gasteiger partial charge in [-0.25, -0.2) is 9.97 Å². The molecule has 1 aliphatic heterocycles. The van der Waals surface area contributed by atoms with Crippen LogP contribution in [0.5, 0.6) is 0 Å². The van der Waals surface area contributed by atoms with Crippen LogP contribution in [-0.2, 0) is 6.42 Å². The minimum Gasteiger partial charge on any atom is -0.339 e. The molecule has 0 fully saturated rings. The number of hydrogen-bond donors (Lipinski definition) is 1. The number of amides is 1. The fourth-order valence-electron chi connectivity index (χ4n) is 3.16. The quantitative estimate of drug-likeness (QED) is 0.664. The summed E-state index contributed by atoms with van der Waals surface area (Å²) in [5.41, 5.74) is 3.14. The van der Waals surface area contributed by atoms with E-state index in [0.29, 0.717) is 33.8 Å². The Balaban J connectivity index is 1.53. The van der Waals surface area contributed by atoms with Crippen LogP contribution < -0.4 is 10.2 Å². The summed E-state index contributed by atoms with van der Waals surface area (Å²) in [6, 6.07) is 13.1. The van der Waals surface area contributed by atoms with E-state index in [-0.39, 0.29) is 5.91 Å². The van der Waals surface area contributed by atoms with E-state index in [2.05, 4.69) is 21.4 Å². The van der Waals surface area contributed by atoms with Gasteiger partial charge in [-0.15, -0.1) is 0 Å². The summed E-state index contributed by atoms with van der Waals surface area (Å²) in [5.74, 6) is 0.357. The summed E-state index contributed by atoms with van der Waals surface area (Å²) in [6.45, 7) is 0.679. The normalized spacial score (nSPS) is 13.2. The Bertz CT molecular complexity index is 971. The van der Waals surface area contributed by atoms with Gasteiger partial charge in [0.15, 0.2) is 0 Å². The number of hydrogen-bond acceptors (Lipinski definition) is 4. The molecule has 2 aromatic carbocycles. The number of carbonyl (C=O) groups excluding carboxylic acids is 1. The summed E-state index contributed by atoms with van der Waals surface area (Å²) in [5, 5.41) is 4.12. The van der Waals surface area contributed by atoms with Crippen molar-refractivity contribution in [3.05, 3.63) is 76.2 Å². The Kier molecular flexibility index (Phi) is 4.97. The first-order valence-electron chi connectivity index (χ1n) is 8.55. The molecule has 7 heteroatoms. The molecule has 0 spiro atoms. The topological polar surface area (TPSA) is 58.1 Å². The van der Waals surface area contributed by atoms with E-state index in [1.807, 2.05) is 18.2 Å². The van der Waals surface area contributed by atoms with Crippen molar-refractivity contribution in [3.8, 4) is 0 Å². The van der Waals surface area contributed by atoms with Crippen LogP contribution in [0.15, 0.2) is 54.9 Å². The van der Waals surface area contributed by atoms with Crippen LogP contribution in [0.2, 0.25) is 10.0 Å². The molecule has 3 aromatic rings. The van der Waals surface area contributed by atoms with Gasteiger partial charge in [0, 0.05) is 28.0 Å². The maximum atomic E-state index is 12.9. The van der Waals surface area contributed by atoms with Crippen molar-refractivity contribution in [2.75, 3.05) is 16.8 Å². The molecule has 0 saturated heterocycles. The molecule has 1 amide bonds. The first-order valence-corrected chi connectivity index (χ1v) is 9.31. The summed E-state index contributed by atoms with van der Waals surface area (Å²) in [6.07, 6.45) is 4.92. The van der Waals surface area contributed by atoms with Crippen molar-refractivity contribution in [2.45, 2.75) is 12.8 Å². The van der Waals surface area contributed by atoms with Crippen molar-refractivity contribution < 1.29 is 4.79 Å². The smallest absolute Gasteiger partial charge is 0.278 e. The zero-order valence-corrected chi connectivity index (χ0v) is 15.8. The van der Waals surface area contributed by atoms with Gasteiger partial charge in [-0.3, -0.25) is 4.79 Å². The van der Waals surface area contributed by atoms with Gasteiger partial charge in [0.05, 0.1) is 12.4 Å². The molecule has 5 nitrogen and oxygen atoms in total. The minimum absolute atomic E-state index is 0.146. The van der Waals surface area contributed by atoms with Gasteiger partial charge >= 0.3 is 0 Å². The lowest BCUT2D eigenvalue weighted by molar-refractivity contribution is 0.0980. The maximum Gasteiger partial charge on any atom is 0.278 e. The number of carbonyl (C=O) groups is 1. The van der Waals surface area contributed by atoms with Crippen LogP contribution in [0, 0.1) is 0 Å². The molecule has 1 aliphatic rings. The zero-order valence-electron chi connectivity index (χ0n) is 14.3. The predicted molar refractivity (Wildman–Crippen MR) is 108 cm³/mol. The molecule has 0 aliphatic carbocycles. The third-order valence-corrected chi connectivity index (χ3v) is 4.80. The molecule has 0 bridgehead atoms. The number of para-hydroxylation sites is 1. The molecule has 1 aromatic heterocycles. The van der Waals surface area contributed by atoms with Crippen LogP contribution in [0.4, 0.5) is 17.2 Å². The molecular weight excluding hydrogens is 383 g/mol. The lowest BCUT2D eigenvalue weighted by Gasteiger charge is -2.29. The lowest BCUT2D eigenvalue weighted by atomic mass is 10.0. The second kappa shape index (κ2) is 7.55. The number of fused-ring (bicyclic) bond motifs is 1. The van der Waals surface area contributed by atoms with Gasteiger partial charge in [0.25, 0.3) is 5.91 Å². The van der Waals surface area contributed by atoms with E-state index in [1.165, 1.54) is 18.0 Å². The molecule has 0 unspecified atom stereocenters. The van der Waals surface area contributed by atoms with Crippen LogP contribution in [-0.4, -0.2) is 22.4 Å². The number of anilines is 3. The molecular formula is C20H16Cl2N4O. The van der Waals surface area contributed by atoms with Crippen LogP contribution in [0.3, 0.4) is 0 Å². The number of nitrogens with one attached hydrogen (secondary N) is 1. The Labute approximate surface area is 167 Å². The molecule has 0 radical (unpaired) electrons. The number of rotatable bonds is 3. The Morgan fingerprint density at radius 3 is 2.56 bits per heavy atom. The van der Waals surface area contributed by atoms with Crippen LogP contribution in [0.1, 0.15) is 22.5 Å². The molecule has 0 atom stereocenters. The highest BCUT2D eigenvalue weighted by Crippen LogP contribution is 2.28. The summed E-state index contributed by atoms with van der Waals surface area (Å²) >= 11 is 12.0. The van der Waals surface area contributed by atoms with Crippen molar-refractivity contribution >= 4 is 46.3 Å². The number of halogens is 2. The molecule has 2 heterocycles. The third-order valence-electron chi connectivity index (χ3n) is 4.36. The average Bonchev–Trinajstić information content (AvgIpc) is 2.67. The second-order valence-electron chi connectivity index (χ2n) is 6.26. The van der Waals surface area contributed by atoms with E-state index in [0.717, 1.165) is 18.5 Å². The second-order valence-corrected chi connectivity index (χ2v) is 7.13. The number of aryl methyl sites for hydroxylation is 1. The van der Waals surface area contributed by atoms with Gasteiger partial charge in [0.1, 0.15) is 11.5 Å². The lowest BCUT2D eigenvalue weighted by Crippen LogP contribution is -2.36. The number of aromatic nitrogens is 2. The fraction of sp³-hybridized carbons (Fsp3) is 0.150. The zero-order chi connectivity index (χ0) is 18.8. The fourth-order valence-corrected chi connectivity index (χ4v) is 3.69. The number of benzene rings is 2. The number of nitrogens with zero attached hydrogens (tertiary/aromatic N) is 3. The standard InChI is InChI=1S/C20H16Cl2N4O/c21-14-8-15(22)10-16(9-14)25-19-12-23-17(11-24-19)20(27)26-7-3-5-13-4-1-2-6-18(13)26/h1-2,4,6,8-12H,3,5,7H2,(H,24,25). The van der Waals surface area contributed by atoms with Crippen molar-refractivity contribution in [3.63, 3.8) is 0 Å². The van der Waals surface area contributed by atoms with Crippen molar-refractivity contribution in [1.82, 2.24) is 9.97 Å². The van der Waals surface area contributed by atoms with E-state index < -0.39 is 0 Å². The molecule has 4 rings (SSSR count). The Morgan fingerprint density at radius 2 is 1.81 bits per heavy atom. The van der Waals surface area contributed by atoms with E-state index in [9.17, 15) is 4.79 Å². The molecule has 136 valence electrons. The molecule has 1 N–H and O–H groups in total. The van der Waals surface area contributed by atoms with E-state index in [1.54, 1.807) is 23.1 Å². The molecule has 0 saturated carbocycles. The Morgan fingerprint density at radius 1 is 1.04 bits per heavy atom. The van der Waals surface area contributed by atoms with Crippen LogP contribution >= 0.6 is 23.2 Å². The first kappa shape index (κ1) is 17.8. The highest BCUT2D eigenvalue weighted by molar-refractivity contribution is 6.35. The van der Waals surface area contributed by atoms with E-state index in [4.69, 9.17) is 23.2 Å². The van der Waals surface area contributed by atoms with Crippen molar-refractivity contribution in [2.24, 2.45) is 0 Å². The average molecular weight is 399 g/mol. The van der Waals surface area contributed by atoms with Gasteiger partial charge in [-0.2, -0.15) is 0 Å². The summed E-state index contributed by atoms with van der Waals surface area (Å²) < 4.78 is 0. The third kappa shape index (κ3) is 3.89. The predicted octanol–water partition coefficient (Wildman–Crippen LogP) is 5.12. The van der Waals surface area contributed by atoms with Gasteiger partial charge < -0.3 is 10.2 Å². The summed E-state index contributed by atoms with van der Waals surface area (Å²) in [4.78, 5) is 23.2.